The number of benzene rings is 1. The van der Waals surface area contributed by atoms with Crippen LogP contribution in [-0.4, -0.2) is 6.54 Å². The first-order valence-electron chi connectivity index (χ1n) is 5.30. The van der Waals surface area contributed by atoms with Crippen molar-refractivity contribution in [1.29, 1.82) is 0 Å². The average molecular weight is 224 g/mol. The van der Waals surface area contributed by atoms with Gasteiger partial charge in [-0.3, -0.25) is 0 Å². The molecule has 0 fully saturated rings. The van der Waals surface area contributed by atoms with Gasteiger partial charge in [-0.25, -0.2) is 0 Å². The zero-order valence-electron chi connectivity index (χ0n) is 9.39. The monoisotopic (exact) mass is 223 g/mol. The van der Waals surface area contributed by atoms with Crippen LogP contribution < -0.4 is 5.32 Å². The summed E-state index contributed by atoms with van der Waals surface area (Å²) < 4.78 is 0. The van der Waals surface area contributed by atoms with E-state index in [1.807, 2.05) is 31.2 Å². The van der Waals surface area contributed by atoms with Crippen LogP contribution >= 0.6 is 11.6 Å². The van der Waals surface area contributed by atoms with E-state index in [9.17, 15) is 0 Å². The lowest BCUT2D eigenvalue weighted by Gasteiger charge is -2.20. The molecule has 15 heavy (non-hydrogen) atoms. The molecule has 1 aromatic rings. The maximum absolute atomic E-state index is 6.16. The molecule has 0 heterocycles. The lowest BCUT2D eigenvalue weighted by atomic mass is 10.0. The summed E-state index contributed by atoms with van der Waals surface area (Å²) >= 11 is 6.16. The topological polar surface area (TPSA) is 12.0 Å². The Hall–Kier alpha value is -0.790. The molecule has 0 aliphatic carbocycles. The van der Waals surface area contributed by atoms with Gasteiger partial charge in [-0.2, -0.15) is 0 Å². The second-order valence-corrected chi connectivity index (χ2v) is 4.16. The summed E-state index contributed by atoms with van der Waals surface area (Å²) in [6.45, 7) is 9.15. The van der Waals surface area contributed by atoms with Gasteiger partial charge in [0.25, 0.3) is 0 Å². The largest absolute Gasteiger partial charge is 0.307 e. The van der Waals surface area contributed by atoms with Crippen LogP contribution in [0, 0.1) is 0 Å². The van der Waals surface area contributed by atoms with Crippen LogP contribution in [0.2, 0.25) is 5.02 Å². The Morgan fingerprint density at radius 3 is 2.67 bits per heavy atom. The van der Waals surface area contributed by atoms with Crippen molar-refractivity contribution in [2.24, 2.45) is 0 Å². The van der Waals surface area contributed by atoms with E-state index < -0.39 is 0 Å². The molecule has 1 aromatic carbocycles. The highest BCUT2D eigenvalue weighted by molar-refractivity contribution is 6.31. The Bertz CT molecular complexity index is 333. The number of nitrogens with one attached hydrogen (secondary N) is 1. The standard InChI is InChI=1S/C13H18ClN/c1-4-9-15-13(10(2)3)11-7-5-6-8-12(11)14/h5-8,13,15H,2,4,9H2,1,3H3. The summed E-state index contributed by atoms with van der Waals surface area (Å²) in [4.78, 5) is 0. The molecule has 82 valence electrons. The van der Waals surface area contributed by atoms with E-state index in [1.54, 1.807) is 0 Å². The number of rotatable bonds is 5. The van der Waals surface area contributed by atoms with Crippen molar-refractivity contribution in [3.05, 3.63) is 47.0 Å². The van der Waals surface area contributed by atoms with Crippen molar-refractivity contribution in [2.75, 3.05) is 6.54 Å². The molecule has 0 spiro atoms. The first kappa shape index (κ1) is 12.3. The first-order chi connectivity index (χ1) is 7.16. The van der Waals surface area contributed by atoms with E-state index in [0.29, 0.717) is 0 Å². The zero-order valence-corrected chi connectivity index (χ0v) is 10.1. The fourth-order valence-electron chi connectivity index (χ4n) is 1.55. The summed E-state index contributed by atoms with van der Waals surface area (Å²) in [6, 6.07) is 8.08. The smallest absolute Gasteiger partial charge is 0.0545 e. The summed E-state index contributed by atoms with van der Waals surface area (Å²) in [5, 5.41) is 4.24. The molecule has 0 bridgehead atoms. The Balaban J connectivity index is 2.89. The second kappa shape index (κ2) is 5.94. The second-order valence-electron chi connectivity index (χ2n) is 3.76. The van der Waals surface area contributed by atoms with Gasteiger partial charge in [0.1, 0.15) is 0 Å². The van der Waals surface area contributed by atoms with Crippen molar-refractivity contribution in [3.8, 4) is 0 Å². The molecule has 1 atom stereocenters. The lowest BCUT2D eigenvalue weighted by molar-refractivity contribution is 0.591. The normalized spacial score (nSPS) is 12.5. The predicted molar refractivity (Wildman–Crippen MR) is 67.3 cm³/mol. The molecular weight excluding hydrogens is 206 g/mol. The van der Waals surface area contributed by atoms with Crippen LogP contribution in [0.4, 0.5) is 0 Å². The van der Waals surface area contributed by atoms with Crippen LogP contribution in [-0.2, 0) is 0 Å². The maximum atomic E-state index is 6.16. The lowest BCUT2D eigenvalue weighted by Crippen LogP contribution is -2.23. The van der Waals surface area contributed by atoms with E-state index >= 15 is 0 Å². The number of hydrogen-bond donors (Lipinski definition) is 1. The van der Waals surface area contributed by atoms with E-state index in [4.69, 9.17) is 11.6 Å². The fourth-order valence-corrected chi connectivity index (χ4v) is 1.79. The minimum absolute atomic E-state index is 0.165. The molecular formula is C13H18ClN. The van der Waals surface area contributed by atoms with Crippen molar-refractivity contribution in [2.45, 2.75) is 26.3 Å². The minimum Gasteiger partial charge on any atom is -0.307 e. The van der Waals surface area contributed by atoms with Crippen LogP contribution in [0.5, 0.6) is 0 Å². The molecule has 1 N–H and O–H groups in total. The van der Waals surface area contributed by atoms with Gasteiger partial charge in [0.15, 0.2) is 0 Å². The molecule has 1 rings (SSSR count). The summed E-state index contributed by atoms with van der Waals surface area (Å²) in [5.74, 6) is 0. The van der Waals surface area contributed by atoms with Crippen molar-refractivity contribution in [1.82, 2.24) is 5.32 Å². The quantitative estimate of drug-likeness (QED) is 0.746. The van der Waals surface area contributed by atoms with E-state index in [2.05, 4.69) is 18.8 Å². The van der Waals surface area contributed by atoms with Gasteiger partial charge in [-0.1, -0.05) is 48.9 Å². The van der Waals surface area contributed by atoms with Crippen LogP contribution in [0.15, 0.2) is 36.4 Å². The van der Waals surface area contributed by atoms with Crippen LogP contribution in [0.3, 0.4) is 0 Å². The fraction of sp³-hybridized carbons (Fsp3) is 0.385. The van der Waals surface area contributed by atoms with Gasteiger partial charge in [0.05, 0.1) is 6.04 Å². The number of halogens is 1. The SMILES string of the molecule is C=C(C)C(NCCC)c1ccccc1Cl. The third kappa shape index (κ3) is 3.37. The molecule has 0 radical (unpaired) electrons. The Labute approximate surface area is 97.1 Å². The van der Waals surface area contributed by atoms with E-state index in [1.165, 1.54) is 0 Å². The van der Waals surface area contributed by atoms with Gasteiger partial charge in [-0.05, 0) is 31.5 Å². The zero-order chi connectivity index (χ0) is 11.3. The highest BCUT2D eigenvalue weighted by atomic mass is 35.5. The molecule has 2 heteroatoms. The predicted octanol–water partition coefficient (Wildman–Crippen LogP) is 3.96. The van der Waals surface area contributed by atoms with Crippen molar-refractivity contribution in [3.63, 3.8) is 0 Å². The van der Waals surface area contributed by atoms with Gasteiger partial charge in [0, 0.05) is 5.02 Å². The molecule has 1 unspecified atom stereocenters. The van der Waals surface area contributed by atoms with Crippen molar-refractivity contribution < 1.29 is 0 Å². The third-order valence-corrected chi connectivity index (χ3v) is 2.65. The highest BCUT2D eigenvalue weighted by Gasteiger charge is 2.13. The summed E-state index contributed by atoms with van der Waals surface area (Å²) in [5.41, 5.74) is 2.21. The number of hydrogen-bond acceptors (Lipinski definition) is 1. The Morgan fingerprint density at radius 2 is 2.13 bits per heavy atom. The molecule has 0 aromatic heterocycles. The Kier molecular flexibility index (Phi) is 4.86. The van der Waals surface area contributed by atoms with Crippen LogP contribution in [0.25, 0.3) is 0 Å². The van der Waals surface area contributed by atoms with Gasteiger partial charge in [-0.15, -0.1) is 0 Å². The van der Waals surface area contributed by atoms with Crippen molar-refractivity contribution >= 4 is 11.6 Å². The summed E-state index contributed by atoms with van der Waals surface area (Å²) in [6.07, 6.45) is 1.11. The van der Waals surface area contributed by atoms with Gasteiger partial charge < -0.3 is 5.32 Å². The molecule has 0 aliphatic heterocycles. The minimum atomic E-state index is 0.165. The van der Waals surface area contributed by atoms with E-state index in [0.717, 1.165) is 29.1 Å². The average Bonchev–Trinajstić information content (AvgIpc) is 2.20. The van der Waals surface area contributed by atoms with E-state index in [-0.39, 0.29) is 6.04 Å². The van der Waals surface area contributed by atoms with Gasteiger partial charge >= 0.3 is 0 Å². The third-order valence-electron chi connectivity index (χ3n) is 2.31. The maximum Gasteiger partial charge on any atom is 0.0545 e. The molecule has 0 aliphatic rings. The van der Waals surface area contributed by atoms with Gasteiger partial charge in [0.2, 0.25) is 0 Å². The molecule has 1 nitrogen and oxygen atoms in total. The van der Waals surface area contributed by atoms with Crippen LogP contribution in [0.1, 0.15) is 31.9 Å². The Morgan fingerprint density at radius 1 is 1.47 bits per heavy atom. The molecule has 0 saturated carbocycles. The molecule has 0 saturated heterocycles. The summed E-state index contributed by atoms with van der Waals surface area (Å²) in [7, 11) is 0. The first-order valence-corrected chi connectivity index (χ1v) is 5.67. The highest BCUT2D eigenvalue weighted by Crippen LogP contribution is 2.26. The molecule has 0 amide bonds.